The number of nitrogens with zero attached hydrogens (tertiary/aromatic N) is 3. The van der Waals surface area contributed by atoms with Gasteiger partial charge in [0.05, 0.1) is 9.82 Å². The number of anilines is 2. The molecule has 10 heteroatoms. The summed E-state index contributed by atoms with van der Waals surface area (Å²) in [7, 11) is -3.71. The van der Waals surface area contributed by atoms with Crippen LogP contribution in [-0.2, 0) is 10.0 Å². The number of nitro benzene ring substituents is 1. The van der Waals surface area contributed by atoms with E-state index in [2.05, 4.69) is 17.1 Å². The average Bonchev–Trinajstić information content (AvgIpc) is 2.88. The number of nitro groups is 1. The molecule has 204 valence electrons. The Morgan fingerprint density at radius 2 is 1.55 bits per heavy atom. The molecule has 7 rings (SSSR count). The van der Waals surface area contributed by atoms with Gasteiger partial charge in [0, 0.05) is 44.0 Å². The third kappa shape index (κ3) is 4.55. The maximum atomic E-state index is 13.3. The quantitative estimate of drug-likeness (QED) is 0.379. The lowest BCUT2D eigenvalue weighted by Gasteiger charge is -2.59. The minimum absolute atomic E-state index is 0.0721. The van der Waals surface area contributed by atoms with Crippen LogP contribution in [0.4, 0.5) is 21.5 Å². The lowest BCUT2D eigenvalue weighted by atomic mass is 9.48. The van der Waals surface area contributed by atoms with E-state index in [4.69, 9.17) is 0 Å². The Labute approximate surface area is 223 Å². The highest BCUT2D eigenvalue weighted by atomic mass is 32.2. The number of sulfonamides is 1. The van der Waals surface area contributed by atoms with Gasteiger partial charge < -0.3 is 10.2 Å². The monoisotopic (exact) mass is 542 g/mol. The maximum absolute atomic E-state index is 13.3. The highest BCUT2D eigenvalue weighted by Crippen LogP contribution is 2.61. The molecule has 4 bridgehead atoms. The van der Waals surface area contributed by atoms with Crippen molar-refractivity contribution in [1.29, 1.82) is 0 Å². The SMILES string of the molecule is C[C@@H](Nc1cc(N2CCN(S(=O)(=O)c3ccc(F)cc3)CC2)ccc1[N+](=O)[O-])C12CC3CC(CC(C3)C1)C2. The summed E-state index contributed by atoms with van der Waals surface area (Å²) in [5.41, 5.74) is 1.66. The van der Waals surface area contributed by atoms with Crippen LogP contribution < -0.4 is 10.2 Å². The zero-order valence-corrected chi connectivity index (χ0v) is 22.5. The first-order valence-electron chi connectivity index (χ1n) is 13.7. The smallest absolute Gasteiger partial charge is 0.292 e. The molecule has 0 spiro atoms. The second kappa shape index (κ2) is 9.48. The van der Waals surface area contributed by atoms with Gasteiger partial charge in [0.15, 0.2) is 0 Å². The zero-order chi connectivity index (χ0) is 26.7. The minimum atomic E-state index is -3.71. The van der Waals surface area contributed by atoms with E-state index in [9.17, 15) is 22.9 Å². The van der Waals surface area contributed by atoms with E-state index in [1.54, 1.807) is 12.1 Å². The van der Waals surface area contributed by atoms with Crippen molar-refractivity contribution in [3.05, 3.63) is 58.4 Å². The van der Waals surface area contributed by atoms with Crippen molar-refractivity contribution >= 4 is 27.1 Å². The van der Waals surface area contributed by atoms with Gasteiger partial charge in [-0.05, 0) is 105 Å². The molecule has 8 nitrogen and oxygen atoms in total. The molecule has 1 aliphatic heterocycles. The number of nitrogens with one attached hydrogen (secondary N) is 1. The molecule has 1 saturated heterocycles. The fourth-order valence-electron chi connectivity index (χ4n) is 8.03. The van der Waals surface area contributed by atoms with Gasteiger partial charge in [-0.3, -0.25) is 10.1 Å². The van der Waals surface area contributed by atoms with Crippen molar-refractivity contribution in [2.45, 2.75) is 56.4 Å². The number of halogens is 1. The van der Waals surface area contributed by atoms with Crippen molar-refractivity contribution < 1.29 is 17.7 Å². The molecule has 1 atom stereocenters. The molecule has 2 aromatic rings. The van der Waals surface area contributed by atoms with E-state index in [-0.39, 0.29) is 40.1 Å². The number of rotatable bonds is 7. The maximum Gasteiger partial charge on any atom is 0.292 e. The van der Waals surface area contributed by atoms with Gasteiger partial charge >= 0.3 is 0 Å². The topological polar surface area (TPSA) is 95.8 Å². The lowest BCUT2D eigenvalue weighted by molar-refractivity contribution is -0.384. The highest BCUT2D eigenvalue weighted by Gasteiger charge is 2.53. The standard InChI is InChI=1S/C28H35FN4O4S/c1-19(28-16-20-12-21(17-28)14-22(13-20)18-28)30-26-15-24(4-7-27(26)33(34)35)31-8-10-32(11-9-31)38(36,37)25-5-2-23(29)3-6-25/h2-7,15,19-22,30H,8-14,16-18H2,1H3/t19-,20?,21?,22?,28?/m1/s1. The van der Waals surface area contributed by atoms with E-state index in [1.165, 1.54) is 55.0 Å². The van der Waals surface area contributed by atoms with Crippen LogP contribution in [0, 0.1) is 39.1 Å². The van der Waals surface area contributed by atoms with Crippen molar-refractivity contribution in [1.82, 2.24) is 4.31 Å². The predicted molar refractivity (Wildman–Crippen MR) is 144 cm³/mol. The Bertz CT molecular complexity index is 1290. The first-order valence-corrected chi connectivity index (χ1v) is 15.1. The third-order valence-corrected chi connectivity index (χ3v) is 11.5. The van der Waals surface area contributed by atoms with Gasteiger partial charge in [-0.1, -0.05) is 0 Å². The van der Waals surface area contributed by atoms with Gasteiger partial charge in [0.1, 0.15) is 11.5 Å². The Morgan fingerprint density at radius 1 is 0.974 bits per heavy atom. The van der Waals surface area contributed by atoms with Gasteiger partial charge in [0.2, 0.25) is 10.0 Å². The summed E-state index contributed by atoms with van der Waals surface area (Å²) in [6.07, 6.45) is 7.70. The Morgan fingerprint density at radius 3 is 2.11 bits per heavy atom. The molecule has 1 heterocycles. The molecule has 4 aliphatic carbocycles. The number of benzene rings is 2. The van der Waals surface area contributed by atoms with E-state index in [0.29, 0.717) is 18.8 Å². The fourth-order valence-corrected chi connectivity index (χ4v) is 9.45. The van der Waals surface area contributed by atoms with Crippen LogP contribution in [-0.4, -0.2) is 49.9 Å². The molecule has 2 aromatic carbocycles. The Kier molecular flexibility index (Phi) is 6.38. The molecular formula is C28H35FN4O4S. The molecular weight excluding hydrogens is 507 g/mol. The summed E-state index contributed by atoms with van der Waals surface area (Å²) in [5, 5.41) is 15.5. The van der Waals surface area contributed by atoms with Crippen molar-refractivity contribution in [2.24, 2.45) is 23.2 Å². The van der Waals surface area contributed by atoms with E-state index >= 15 is 0 Å². The van der Waals surface area contributed by atoms with Crippen LogP contribution in [0.5, 0.6) is 0 Å². The molecule has 1 N–H and O–H groups in total. The summed E-state index contributed by atoms with van der Waals surface area (Å²) in [5.74, 6) is 1.92. The largest absolute Gasteiger partial charge is 0.376 e. The number of hydrogen-bond acceptors (Lipinski definition) is 6. The van der Waals surface area contributed by atoms with Crippen LogP contribution >= 0.6 is 0 Å². The summed E-state index contributed by atoms with van der Waals surface area (Å²) in [6, 6.07) is 10.2. The summed E-state index contributed by atoms with van der Waals surface area (Å²) < 4.78 is 40.7. The summed E-state index contributed by atoms with van der Waals surface area (Å²) >= 11 is 0. The number of piperazine rings is 1. The lowest BCUT2D eigenvalue weighted by Crippen LogP contribution is -2.53. The molecule has 4 saturated carbocycles. The van der Waals surface area contributed by atoms with Gasteiger partial charge in [-0.25, -0.2) is 12.8 Å². The summed E-state index contributed by atoms with van der Waals surface area (Å²) in [6.45, 7) is 3.68. The minimum Gasteiger partial charge on any atom is -0.376 e. The second-order valence-corrected chi connectivity index (χ2v) is 13.9. The van der Waals surface area contributed by atoms with Gasteiger partial charge in [-0.2, -0.15) is 4.31 Å². The van der Waals surface area contributed by atoms with Crippen LogP contribution in [0.25, 0.3) is 0 Å². The third-order valence-electron chi connectivity index (χ3n) is 9.61. The van der Waals surface area contributed by atoms with Crippen molar-refractivity contribution in [2.75, 3.05) is 36.4 Å². The molecule has 5 fully saturated rings. The Hall–Kier alpha value is -2.72. The molecule has 5 aliphatic rings. The fraction of sp³-hybridized carbons (Fsp3) is 0.571. The zero-order valence-electron chi connectivity index (χ0n) is 21.7. The van der Waals surface area contributed by atoms with Crippen LogP contribution in [0.15, 0.2) is 47.4 Å². The molecule has 0 amide bonds. The highest BCUT2D eigenvalue weighted by molar-refractivity contribution is 7.89. The summed E-state index contributed by atoms with van der Waals surface area (Å²) in [4.78, 5) is 13.7. The normalized spacial score (nSPS) is 29.8. The molecule has 0 aromatic heterocycles. The van der Waals surface area contributed by atoms with Crippen LogP contribution in [0.2, 0.25) is 0 Å². The van der Waals surface area contributed by atoms with Gasteiger partial charge in [0.25, 0.3) is 5.69 Å². The van der Waals surface area contributed by atoms with E-state index in [1.807, 2.05) is 6.07 Å². The van der Waals surface area contributed by atoms with Crippen LogP contribution in [0.1, 0.15) is 45.4 Å². The number of hydrogen-bond donors (Lipinski definition) is 1. The Balaban J connectivity index is 1.18. The first kappa shape index (κ1) is 25.6. The first-order chi connectivity index (χ1) is 18.1. The molecule has 0 radical (unpaired) electrons. The van der Waals surface area contributed by atoms with Crippen molar-refractivity contribution in [3.63, 3.8) is 0 Å². The van der Waals surface area contributed by atoms with Gasteiger partial charge in [-0.15, -0.1) is 0 Å². The molecule has 0 unspecified atom stereocenters. The van der Waals surface area contributed by atoms with Crippen molar-refractivity contribution in [3.8, 4) is 0 Å². The average molecular weight is 543 g/mol. The second-order valence-electron chi connectivity index (χ2n) is 11.9. The van der Waals surface area contributed by atoms with Crippen LogP contribution in [0.3, 0.4) is 0 Å². The van der Waals surface area contributed by atoms with E-state index in [0.717, 1.165) is 35.6 Å². The predicted octanol–water partition coefficient (Wildman–Crippen LogP) is 5.26. The molecule has 38 heavy (non-hydrogen) atoms. The van der Waals surface area contributed by atoms with E-state index < -0.39 is 15.8 Å².